The van der Waals surface area contributed by atoms with Gasteiger partial charge < -0.3 is 5.32 Å². The van der Waals surface area contributed by atoms with E-state index in [1.165, 1.54) is 22.4 Å². The van der Waals surface area contributed by atoms with Crippen LogP contribution in [-0.2, 0) is 27.7 Å². The zero-order valence-corrected chi connectivity index (χ0v) is 20.1. The van der Waals surface area contributed by atoms with Crippen LogP contribution in [0.2, 0.25) is 0 Å². The van der Waals surface area contributed by atoms with Crippen molar-refractivity contribution in [1.82, 2.24) is 9.62 Å². The summed E-state index contributed by atoms with van der Waals surface area (Å²) >= 11 is 1.79. The number of thioether (sulfide) groups is 1. The third-order valence-electron chi connectivity index (χ3n) is 6.41. The van der Waals surface area contributed by atoms with Gasteiger partial charge in [-0.15, -0.1) is 11.8 Å². The van der Waals surface area contributed by atoms with Crippen LogP contribution < -0.4 is 5.32 Å². The third kappa shape index (κ3) is 5.74. The van der Waals surface area contributed by atoms with Crippen LogP contribution in [0.15, 0.2) is 58.3 Å². The molecule has 2 aromatic rings. The average molecular weight is 473 g/mol. The molecule has 1 heterocycles. The second kappa shape index (κ2) is 10.9. The number of fused-ring (bicyclic) bond motifs is 1. The van der Waals surface area contributed by atoms with Gasteiger partial charge in [0.2, 0.25) is 15.9 Å². The summed E-state index contributed by atoms with van der Waals surface area (Å²) in [6, 6.07) is 15.9. The van der Waals surface area contributed by atoms with Gasteiger partial charge in [0, 0.05) is 30.4 Å². The SMILES string of the molecule is O=C(NCCCSc1ccccc1)C1CCN(S(=O)(=O)c2ccc3c(c2)CCCC3)CC1. The molecule has 0 radical (unpaired) electrons. The van der Waals surface area contributed by atoms with Crippen molar-refractivity contribution in [1.29, 1.82) is 0 Å². The first kappa shape index (κ1) is 23.3. The van der Waals surface area contributed by atoms with Gasteiger partial charge >= 0.3 is 0 Å². The smallest absolute Gasteiger partial charge is 0.243 e. The summed E-state index contributed by atoms with van der Waals surface area (Å²) in [6.45, 7) is 1.47. The topological polar surface area (TPSA) is 66.5 Å². The molecule has 0 bridgehead atoms. The number of rotatable bonds is 8. The van der Waals surface area contributed by atoms with Crippen molar-refractivity contribution in [2.24, 2.45) is 5.92 Å². The fourth-order valence-corrected chi connectivity index (χ4v) is 6.91. The molecule has 1 aliphatic heterocycles. The van der Waals surface area contributed by atoms with Crippen molar-refractivity contribution in [3.05, 3.63) is 59.7 Å². The number of sulfonamides is 1. The molecule has 0 unspecified atom stereocenters. The van der Waals surface area contributed by atoms with E-state index in [-0.39, 0.29) is 11.8 Å². The van der Waals surface area contributed by atoms with E-state index in [2.05, 4.69) is 17.4 Å². The molecule has 0 spiro atoms. The molecule has 1 fully saturated rings. The minimum atomic E-state index is -3.50. The van der Waals surface area contributed by atoms with E-state index >= 15 is 0 Å². The summed E-state index contributed by atoms with van der Waals surface area (Å²) < 4.78 is 27.8. The second-order valence-corrected chi connectivity index (χ2v) is 11.7. The summed E-state index contributed by atoms with van der Waals surface area (Å²) in [5, 5.41) is 3.04. The zero-order chi connectivity index (χ0) is 22.4. The first-order chi connectivity index (χ1) is 15.5. The minimum Gasteiger partial charge on any atom is -0.356 e. The molecule has 1 aliphatic carbocycles. The number of carbonyl (C=O) groups excluding carboxylic acids is 1. The van der Waals surface area contributed by atoms with Crippen molar-refractivity contribution >= 4 is 27.7 Å². The number of amides is 1. The lowest BCUT2D eigenvalue weighted by Gasteiger charge is -2.31. The predicted molar refractivity (Wildman–Crippen MR) is 129 cm³/mol. The number of carbonyl (C=O) groups is 1. The molecule has 2 aromatic carbocycles. The third-order valence-corrected chi connectivity index (χ3v) is 9.41. The monoisotopic (exact) mass is 472 g/mol. The Labute approximate surface area is 196 Å². The lowest BCUT2D eigenvalue weighted by atomic mass is 9.92. The van der Waals surface area contributed by atoms with Crippen LogP contribution in [0.5, 0.6) is 0 Å². The standard InChI is InChI=1S/C25H32N2O3S2/c28-25(26-15-6-18-31-23-9-2-1-3-10-23)21-13-16-27(17-14-21)32(29,30)24-12-11-20-7-4-5-8-22(20)19-24/h1-3,9-12,19,21H,4-8,13-18H2,(H,26,28). The predicted octanol–water partition coefficient (Wildman–Crippen LogP) is 4.26. The molecular weight excluding hydrogens is 440 g/mol. The number of nitrogens with one attached hydrogen (secondary N) is 1. The molecule has 1 N–H and O–H groups in total. The van der Waals surface area contributed by atoms with Crippen LogP contribution in [0.4, 0.5) is 0 Å². The number of hydrogen-bond acceptors (Lipinski definition) is 4. The van der Waals surface area contributed by atoms with Gasteiger partial charge in [0.05, 0.1) is 4.90 Å². The van der Waals surface area contributed by atoms with E-state index in [1.54, 1.807) is 22.1 Å². The summed E-state index contributed by atoms with van der Waals surface area (Å²) in [4.78, 5) is 14.2. The summed E-state index contributed by atoms with van der Waals surface area (Å²) in [5.74, 6) is 0.911. The van der Waals surface area contributed by atoms with Crippen LogP contribution in [-0.4, -0.2) is 44.0 Å². The Kier molecular flexibility index (Phi) is 7.92. The highest BCUT2D eigenvalue weighted by Crippen LogP contribution is 2.28. The maximum absolute atomic E-state index is 13.1. The average Bonchev–Trinajstić information content (AvgIpc) is 2.84. The molecule has 0 atom stereocenters. The highest BCUT2D eigenvalue weighted by Gasteiger charge is 2.32. The molecule has 172 valence electrons. The zero-order valence-electron chi connectivity index (χ0n) is 18.5. The second-order valence-electron chi connectivity index (χ2n) is 8.62. The highest BCUT2D eigenvalue weighted by molar-refractivity contribution is 7.99. The van der Waals surface area contributed by atoms with Gasteiger partial charge in [-0.05, 0) is 86.1 Å². The maximum Gasteiger partial charge on any atom is 0.243 e. The summed E-state index contributed by atoms with van der Waals surface area (Å²) in [7, 11) is -3.50. The number of hydrogen-bond donors (Lipinski definition) is 1. The van der Waals surface area contributed by atoms with Gasteiger partial charge in [-0.1, -0.05) is 24.3 Å². The van der Waals surface area contributed by atoms with Gasteiger partial charge in [-0.2, -0.15) is 4.31 Å². The molecule has 4 rings (SSSR count). The van der Waals surface area contributed by atoms with Crippen LogP contribution in [0.25, 0.3) is 0 Å². The van der Waals surface area contributed by atoms with E-state index in [0.29, 0.717) is 37.4 Å². The quantitative estimate of drug-likeness (QED) is 0.460. The van der Waals surface area contributed by atoms with E-state index in [9.17, 15) is 13.2 Å². The Bertz CT molecular complexity index is 1020. The minimum absolute atomic E-state index is 0.0561. The number of piperidine rings is 1. The van der Waals surface area contributed by atoms with Gasteiger partial charge in [0.25, 0.3) is 0 Å². The number of aryl methyl sites for hydroxylation is 2. The van der Waals surface area contributed by atoms with E-state index in [0.717, 1.165) is 31.4 Å². The molecule has 5 nitrogen and oxygen atoms in total. The van der Waals surface area contributed by atoms with Gasteiger partial charge in [0.15, 0.2) is 0 Å². The molecule has 2 aliphatic rings. The van der Waals surface area contributed by atoms with Crippen LogP contribution in [0.3, 0.4) is 0 Å². The van der Waals surface area contributed by atoms with Gasteiger partial charge in [-0.25, -0.2) is 8.42 Å². The van der Waals surface area contributed by atoms with Gasteiger partial charge in [0.1, 0.15) is 0 Å². The van der Waals surface area contributed by atoms with Crippen LogP contribution in [0.1, 0.15) is 43.2 Å². The fraction of sp³-hybridized carbons (Fsp3) is 0.480. The number of nitrogens with zero attached hydrogens (tertiary/aromatic N) is 1. The lowest BCUT2D eigenvalue weighted by Crippen LogP contribution is -2.43. The lowest BCUT2D eigenvalue weighted by molar-refractivity contribution is -0.126. The van der Waals surface area contributed by atoms with Crippen molar-refractivity contribution in [3.63, 3.8) is 0 Å². The molecule has 0 saturated carbocycles. The largest absolute Gasteiger partial charge is 0.356 e. The highest BCUT2D eigenvalue weighted by atomic mass is 32.2. The first-order valence-electron chi connectivity index (χ1n) is 11.6. The molecule has 0 aromatic heterocycles. The maximum atomic E-state index is 13.1. The number of benzene rings is 2. The first-order valence-corrected chi connectivity index (χ1v) is 14.0. The Morgan fingerprint density at radius 2 is 1.72 bits per heavy atom. The Morgan fingerprint density at radius 1 is 1.00 bits per heavy atom. The fourth-order valence-electron chi connectivity index (χ4n) is 4.51. The molecular formula is C25H32N2O3S2. The van der Waals surface area contributed by atoms with E-state index < -0.39 is 10.0 Å². The van der Waals surface area contributed by atoms with Crippen LogP contribution >= 0.6 is 11.8 Å². The Balaban J connectivity index is 1.22. The Morgan fingerprint density at radius 3 is 2.47 bits per heavy atom. The molecule has 1 amide bonds. The molecule has 7 heteroatoms. The summed E-state index contributed by atoms with van der Waals surface area (Å²) in [5.41, 5.74) is 2.46. The molecule has 1 saturated heterocycles. The van der Waals surface area contributed by atoms with Crippen LogP contribution in [0, 0.1) is 5.92 Å². The van der Waals surface area contributed by atoms with E-state index in [1.807, 2.05) is 30.3 Å². The van der Waals surface area contributed by atoms with Crippen molar-refractivity contribution in [2.45, 2.75) is 54.7 Å². The van der Waals surface area contributed by atoms with Crippen molar-refractivity contribution < 1.29 is 13.2 Å². The van der Waals surface area contributed by atoms with Crippen molar-refractivity contribution in [3.8, 4) is 0 Å². The van der Waals surface area contributed by atoms with E-state index in [4.69, 9.17) is 0 Å². The van der Waals surface area contributed by atoms with Gasteiger partial charge in [-0.3, -0.25) is 4.79 Å². The van der Waals surface area contributed by atoms with Crippen molar-refractivity contribution in [2.75, 3.05) is 25.4 Å². The Hall–Kier alpha value is -1.83. The summed E-state index contributed by atoms with van der Waals surface area (Å²) in [6.07, 6.45) is 6.38. The molecule has 32 heavy (non-hydrogen) atoms. The normalized spacial score (nSPS) is 17.6.